The lowest BCUT2D eigenvalue weighted by atomic mass is 10.1. The van der Waals surface area contributed by atoms with Crippen molar-refractivity contribution in [1.82, 2.24) is 9.78 Å². The largest absolute Gasteiger partial charge is 0.370 e. The fourth-order valence-electron chi connectivity index (χ4n) is 2.87. The van der Waals surface area contributed by atoms with Crippen LogP contribution in [0.15, 0.2) is 23.2 Å². The molecule has 1 aromatic heterocycles. The highest BCUT2D eigenvalue weighted by molar-refractivity contribution is 14.0. The second kappa shape index (κ2) is 9.05. The number of anilines is 1. The molecule has 0 aliphatic heterocycles. The van der Waals surface area contributed by atoms with Crippen LogP contribution in [0.3, 0.4) is 0 Å². The molecule has 5 nitrogen and oxygen atoms in total. The zero-order valence-corrected chi connectivity index (χ0v) is 17.5. The van der Waals surface area contributed by atoms with Gasteiger partial charge in [0, 0.05) is 25.0 Å². The van der Waals surface area contributed by atoms with Crippen LogP contribution in [0, 0.1) is 27.7 Å². The highest BCUT2D eigenvalue weighted by Crippen LogP contribution is 2.15. The molecular formula is C18H28IN5. The number of hydrogen-bond acceptors (Lipinski definition) is 2. The van der Waals surface area contributed by atoms with Crippen LogP contribution in [-0.2, 0) is 13.5 Å². The molecule has 24 heavy (non-hydrogen) atoms. The minimum atomic E-state index is 0. The number of benzene rings is 1. The molecule has 0 fully saturated rings. The monoisotopic (exact) mass is 441 g/mol. The minimum Gasteiger partial charge on any atom is -0.370 e. The molecule has 0 aliphatic rings. The Morgan fingerprint density at radius 3 is 2.33 bits per heavy atom. The van der Waals surface area contributed by atoms with Crippen molar-refractivity contribution in [2.75, 3.05) is 11.9 Å². The summed E-state index contributed by atoms with van der Waals surface area (Å²) in [6.45, 7) is 9.02. The van der Waals surface area contributed by atoms with E-state index in [0.717, 1.165) is 24.2 Å². The van der Waals surface area contributed by atoms with Crippen LogP contribution in [0.4, 0.5) is 5.69 Å². The zero-order valence-electron chi connectivity index (χ0n) is 15.2. The standard InChI is InChI=1S/C18H27N5.HI/c1-12-9-13(2)11-16(10-12)21-18(19)20-8-6-7-17-14(3)22-23(5)15(17)4;/h9-11H,6-8H2,1-5H3,(H3,19,20,21);1H. The molecule has 0 radical (unpaired) electrons. The maximum Gasteiger partial charge on any atom is 0.193 e. The van der Waals surface area contributed by atoms with Crippen LogP contribution in [0.5, 0.6) is 0 Å². The van der Waals surface area contributed by atoms with E-state index in [-0.39, 0.29) is 24.0 Å². The molecule has 0 unspecified atom stereocenters. The van der Waals surface area contributed by atoms with Gasteiger partial charge in [-0.2, -0.15) is 5.10 Å². The van der Waals surface area contributed by atoms with Crippen molar-refractivity contribution in [3.63, 3.8) is 0 Å². The van der Waals surface area contributed by atoms with E-state index in [0.29, 0.717) is 12.5 Å². The summed E-state index contributed by atoms with van der Waals surface area (Å²) in [5.74, 6) is 0.467. The number of nitrogens with two attached hydrogens (primary N) is 1. The minimum absolute atomic E-state index is 0. The van der Waals surface area contributed by atoms with Crippen LogP contribution < -0.4 is 11.1 Å². The molecule has 6 heteroatoms. The van der Waals surface area contributed by atoms with Crippen molar-refractivity contribution in [2.24, 2.45) is 17.8 Å². The van der Waals surface area contributed by atoms with Crippen LogP contribution in [0.25, 0.3) is 0 Å². The number of hydrogen-bond donors (Lipinski definition) is 2. The summed E-state index contributed by atoms with van der Waals surface area (Å²) >= 11 is 0. The highest BCUT2D eigenvalue weighted by atomic mass is 127. The number of nitrogens with zero attached hydrogens (tertiary/aromatic N) is 3. The first-order chi connectivity index (χ1) is 10.9. The predicted molar refractivity (Wildman–Crippen MR) is 112 cm³/mol. The molecule has 132 valence electrons. The van der Waals surface area contributed by atoms with Crippen molar-refractivity contribution in [3.05, 3.63) is 46.3 Å². The number of rotatable bonds is 5. The van der Waals surface area contributed by atoms with Crippen LogP contribution in [0.1, 0.15) is 34.5 Å². The number of guanidine groups is 1. The lowest BCUT2D eigenvalue weighted by Crippen LogP contribution is -2.23. The molecule has 0 saturated heterocycles. The first-order valence-corrected chi connectivity index (χ1v) is 8.01. The quantitative estimate of drug-likeness (QED) is 0.322. The van der Waals surface area contributed by atoms with Crippen LogP contribution in [0.2, 0.25) is 0 Å². The van der Waals surface area contributed by atoms with Gasteiger partial charge in [0.25, 0.3) is 0 Å². The molecule has 0 aliphatic carbocycles. The second-order valence-corrected chi connectivity index (χ2v) is 6.14. The third kappa shape index (κ3) is 5.51. The van der Waals surface area contributed by atoms with E-state index in [9.17, 15) is 0 Å². The van der Waals surface area contributed by atoms with Gasteiger partial charge in [-0.3, -0.25) is 9.67 Å². The molecule has 0 amide bonds. The molecular weight excluding hydrogens is 413 g/mol. The molecule has 2 rings (SSSR count). The average Bonchev–Trinajstić information content (AvgIpc) is 2.68. The highest BCUT2D eigenvalue weighted by Gasteiger charge is 2.08. The van der Waals surface area contributed by atoms with Crippen molar-refractivity contribution >= 4 is 35.6 Å². The maximum atomic E-state index is 5.97. The number of aromatic nitrogens is 2. The van der Waals surface area contributed by atoms with E-state index in [2.05, 4.69) is 61.3 Å². The van der Waals surface area contributed by atoms with Gasteiger partial charge in [0.2, 0.25) is 0 Å². The summed E-state index contributed by atoms with van der Waals surface area (Å²) in [6.07, 6.45) is 1.94. The Kier molecular flexibility index (Phi) is 7.72. The molecule has 0 spiro atoms. The van der Waals surface area contributed by atoms with Crippen LogP contribution in [-0.4, -0.2) is 22.3 Å². The van der Waals surface area contributed by atoms with Crippen LogP contribution >= 0.6 is 24.0 Å². The Morgan fingerprint density at radius 2 is 1.79 bits per heavy atom. The molecule has 0 bridgehead atoms. The maximum absolute atomic E-state index is 5.97. The summed E-state index contributed by atoms with van der Waals surface area (Å²) in [6, 6.07) is 6.27. The third-order valence-corrected chi connectivity index (χ3v) is 4.02. The summed E-state index contributed by atoms with van der Waals surface area (Å²) in [5.41, 5.74) is 13.0. The molecule has 3 N–H and O–H groups in total. The Balaban J connectivity index is 0.00000288. The summed E-state index contributed by atoms with van der Waals surface area (Å²) in [7, 11) is 1.98. The number of halogens is 1. The van der Waals surface area contributed by atoms with Crippen molar-refractivity contribution in [1.29, 1.82) is 0 Å². The first-order valence-electron chi connectivity index (χ1n) is 8.01. The van der Waals surface area contributed by atoms with Gasteiger partial charge in [0.1, 0.15) is 0 Å². The van der Waals surface area contributed by atoms with Gasteiger partial charge in [-0.05, 0) is 69.4 Å². The fourth-order valence-corrected chi connectivity index (χ4v) is 2.87. The molecule has 2 aromatic rings. The molecule has 1 heterocycles. The summed E-state index contributed by atoms with van der Waals surface area (Å²) < 4.78 is 1.93. The Morgan fingerprint density at radius 1 is 1.17 bits per heavy atom. The number of nitrogens with one attached hydrogen (secondary N) is 1. The van der Waals surface area contributed by atoms with E-state index in [1.165, 1.54) is 22.4 Å². The Bertz CT molecular complexity index is 698. The van der Waals surface area contributed by atoms with E-state index in [1.54, 1.807) is 0 Å². The van der Waals surface area contributed by atoms with Gasteiger partial charge in [-0.25, -0.2) is 0 Å². The van der Waals surface area contributed by atoms with E-state index < -0.39 is 0 Å². The van der Waals surface area contributed by atoms with Crippen molar-refractivity contribution < 1.29 is 0 Å². The van der Waals surface area contributed by atoms with E-state index in [1.807, 2.05) is 11.7 Å². The third-order valence-electron chi connectivity index (χ3n) is 4.02. The Hall–Kier alpha value is -1.57. The van der Waals surface area contributed by atoms with E-state index in [4.69, 9.17) is 5.73 Å². The fraction of sp³-hybridized carbons (Fsp3) is 0.444. The lowest BCUT2D eigenvalue weighted by Gasteiger charge is -2.08. The van der Waals surface area contributed by atoms with Gasteiger partial charge < -0.3 is 11.1 Å². The number of aliphatic imine (C=N–C) groups is 1. The SMILES string of the molecule is Cc1cc(C)cc(NC(N)=NCCCc2c(C)nn(C)c2C)c1.I. The molecule has 1 aromatic carbocycles. The first kappa shape index (κ1) is 20.5. The van der Waals surface area contributed by atoms with Gasteiger partial charge in [-0.1, -0.05) is 6.07 Å². The molecule has 0 saturated carbocycles. The second-order valence-electron chi connectivity index (χ2n) is 6.14. The van der Waals surface area contributed by atoms with Crippen molar-refractivity contribution in [3.8, 4) is 0 Å². The van der Waals surface area contributed by atoms with Gasteiger partial charge in [-0.15, -0.1) is 24.0 Å². The smallest absolute Gasteiger partial charge is 0.193 e. The Labute approximate surface area is 161 Å². The predicted octanol–water partition coefficient (Wildman–Crippen LogP) is 3.63. The summed E-state index contributed by atoms with van der Waals surface area (Å²) in [5, 5.41) is 7.60. The summed E-state index contributed by atoms with van der Waals surface area (Å²) in [4.78, 5) is 4.42. The van der Waals surface area contributed by atoms with E-state index >= 15 is 0 Å². The normalized spacial score (nSPS) is 11.3. The number of aryl methyl sites for hydroxylation is 4. The van der Waals surface area contributed by atoms with Gasteiger partial charge in [0.15, 0.2) is 5.96 Å². The molecule has 0 atom stereocenters. The van der Waals surface area contributed by atoms with Gasteiger partial charge in [0.05, 0.1) is 5.69 Å². The lowest BCUT2D eigenvalue weighted by molar-refractivity contribution is 0.728. The topological polar surface area (TPSA) is 68.2 Å². The zero-order chi connectivity index (χ0) is 17.0. The van der Waals surface area contributed by atoms with Crippen molar-refractivity contribution in [2.45, 2.75) is 40.5 Å². The average molecular weight is 441 g/mol. The van der Waals surface area contributed by atoms with Gasteiger partial charge >= 0.3 is 0 Å².